The molecular formula is C30H44N4O5. The number of piperidine rings is 1. The predicted octanol–water partition coefficient (Wildman–Crippen LogP) is 4.11. The van der Waals surface area contributed by atoms with Crippen molar-refractivity contribution in [3.8, 4) is 5.88 Å². The van der Waals surface area contributed by atoms with E-state index in [0.717, 1.165) is 24.7 Å². The Morgan fingerprint density at radius 1 is 0.949 bits per heavy atom. The Morgan fingerprint density at radius 2 is 1.62 bits per heavy atom. The topological polar surface area (TPSA) is 114 Å². The molecule has 1 aliphatic heterocycles. The van der Waals surface area contributed by atoms with Gasteiger partial charge in [0.2, 0.25) is 11.8 Å². The van der Waals surface area contributed by atoms with Crippen LogP contribution in [0.15, 0.2) is 6.20 Å². The van der Waals surface area contributed by atoms with Gasteiger partial charge in [-0.15, -0.1) is 0 Å². The summed E-state index contributed by atoms with van der Waals surface area (Å²) in [4.78, 5) is 39.6. The molecule has 6 fully saturated rings. The maximum atomic E-state index is 13.6. The molecule has 6 aliphatic rings. The summed E-state index contributed by atoms with van der Waals surface area (Å²) in [7, 11) is 0. The van der Waals surface area contributed by atoms with E-state index in [1.807, 2.05) is 0 Å². The molecule has 5 saturated carbocycles. The monoisotopic (exact) mass is 540 g/mol. The number of likely N-dealkylation sites (tertiary alicyclic amines) is 1. The van der Waals surface area contributed by atoms with Crippen LogP contribution in [0.1, 0.15) is 93.8 Å². The zero-order valence-electron chi connectivity index (χ0n) is 23.1. The van der Waals surface area contributed by atoms with E-state index in [1.165, 1.54) is 51.4 Å². The van der Waals surface area contributed by atoms with Crippen LogP contribution in [0.4, 0.5) is 0 Å². The Labute approximate surface area is 231 Å². The van der Waals surface area contributed by atoms with E-state index in [0.29, 0.717) is 68.3 Å². The second-order valence-electron chi connectivity index (χ2n) is 13.1. The van der Waals surface area contributed by atoms with Gasteiger partial charge in [0.15, 0.2) is 0 Å². The van der Waals surface area contributed by atoms with Crippen molar-refractivity contribution in [2.24, 2.45) is 35.5 Å². The first-order chi connectivity index (χ1) is 18.9. The van der Waals surface area contributed by atoms with Crippen LogP contribution in [-0.2, 0) is 16.1 Å². The highest BCUT2D eigenvalue weighted by Crippen LogP contribution is 2.53. The lowest BCUT2D eigenvalue weighted by molar-refractivity contribution is -0.145. The molecule has 1 aromatic rings. The standard InChI is InChI=1S/C30H44N4O5/c35-26(33-9-6-22(7-10-33)30(37)38)8-11-34-29(39-18-19-4-2-1-3-5-19)25(17-31-34)28(36)32-27-23-13-20-12-21(15-23)16-24(27)14-20/h17,19-24,27H,1-16,18H2,(H,32,36)(H,37,38). The number of carbonyl (C=O) groups is 3. The van der Waals surface area contributed by atoms with E-state index in [4.69, 9.17) is 4.74 Å². The van der Waals surface area contributed by atoms with Crippen molar-refractivity contribution in [3.63, 3.8) is 0 Å². The van der Waals surface area contributed by atoms with Crippen molar-refractivity contribution < 1.29 is 24.2 Å². The van der Waals surface area contributed by atoms with Crippen molar-refractivity contribution >= 4 is 17.8 Å². The molecule has 1 saturated heterocycles. The molecule has 1 aromatic heterocycles. The van der Waals surface area contributed by atoms with Crippen LogP contribution in [0.25, 0.3) is 0 Å². The number of carboxylic acid groups (broad SMARTS) is 1. The smallest absolute Gasteiger partial charge is 0.306 e. The van der Waals surface area contributed by atoms with Gasteiger partial charge in [0, 0.05) is 25.6 Å². The summed E-state index contributed by atoms with van der Waals surface area (Å²) in [5, 5.41) is 17.2. The minimum atomic E-state index is -0.780. The minimum Gasteiger partial charge on any atom is -0.481 e. The second kappa shape index (κ2) is 11.5. The molecule has 2 heterocycles. The number of nitrogens with one attached hydrogen (secondary N) is 1. The highest BCUT2D eigenvalue weighted by Gasteiger charge is 2.48. The van der Waals surface area contributed by atoms with E-state index >= 15 is 0 Å². The first-order valence-electron chi connectivity index (χ1n) is 15.4. The van der Waals surface area contributed by atoms with Gasteiger partial charge < -0.3 is 20.1 Å². The Kier molecular flexibility index (Phi) is 7.85. The fourth-order valence-corrected chi connectivity index (χ4v) is 8.52. The number of carboxylic acids is 1. The number of carbonyl (C=O) groups excluding carboxylic acids is 2. The maximum absolute atomic E-state index is 13.6. The number of hydrogen-bond acceptors (Lipinski definition) is 5. The van der Waals surface area contributed by atoms with Crippen molar-refractivity contribution in [1.82, 2.24) is 20.0 Å². The third-order valence-electron chi connectivity index (χ3n) is 10.5. The van der Waals surface area contributed by atoms with E-state index < -0.39 is 5.97 Å². The molecule has 0 atom stereocenters. The van der Waals surface area contributed by atoms with Crippen LogP contribution in [0.3, 0.4) is 0 Å². The molecule has 9 heteroatoms. The van der Waals surface area contributed by atoms with Gasteiger partial charge in [-0.05, 0) is 87.4 Å². The first kappa shape index (κ1) is 26.6. The highest BCUT2D eigenvalue weighted by atomic mass is 16.5. The SMILES string of the molecule is O=C(NC1C2CC3CC(C2)CC1C3)c1cnn(CCC(=O)N2CCC(C(=O)O)CC2)c1OCC1CCCCC1. The van der Waals surface area contributed by atoms with E-state index in [1.54, 1.807) is 15.8 Å². The summed E-state index contributed by atoms with van der Waals surface area (Å²) in [6, 6.07) is 0.246. The third kappa shape index (κ3) is 5.82. The Balaban J connectivity index is 1.12. The Bertz CT molecular complexity index is 1030. The number of aryl methyl sites for hydroxylation is 1. The molecule has 2 amide bonds. The van der Waals surface area contributed by atoms with E-state index in [9.17, 15) is 19.5 Å². The quantitative estimate of drug-likeness (QED) is 0.487. The van der Waals surface area contributed by atoms with Crippen LogP contribution in [-0.4, -0.2) is 63.3 Å². The lowest BCUT2D eigenvalue weighted by Gasteiger charge is -2.54. The van der Waals surface area contributed by atoms with Crippen molar-refractivity contribution in [3.05, 3.63) is 11.8 Å². The lowest BCUT2D eigenvalue weighted by Crippen LogP contribution is -2.55. The zero-order chi connectivity index (χ0) is 26.9. The van der Waals surface area contributed by atoms with Gasteiger partial charge in [0.25, 0.3) is 5.91 Å². The minimum absolute atomic E-state index is 0.00725. The van der Waals surface area contributed by atoms with Gasteiger partial charge in [-0.3, -0.25) is 14.4 Å². The molecule has 0 aromatic carbocycles. The van der Waals surface area contributed by atoms with Crippen LogP contribution in [0.5, 0.6) is 5.88 Å². The number of nitrogens with zero attached hydrogens (tertiary/aromatic N) is 3. The van der Waals surface area contributed by atoms with Gasteiger partial charge in [0.05, 0.1) is 25.3 Å². The number of ether oxygens (including phenoxy) is 1. The molecule has 7 rings (SSSR count). The first-order valence-corrected chi connectivity index (χ1v) is 15.4. The average Bonchev–Trinajstić information content (AvgIpc) is 3.35. The van der Waals surface area contributed by atoms with Gasteiger partial charge in [-0.25, -0.2) is 4.68 Å². The van der Waals surface area contributed by atoms with E-state index in [2.05, 4.69) is 10.4 Å². The van der Waals surface area contributed by atoms with Gasteiger partial charge in [-0.2, -0.15) is 5.10 Å². The molecular weight excluding hydrogens is 496 g/mol. The maximum Gasteiger partial charge on any atom is 0.306 e. The Morgan fingerprint density at radius 3 is 2.26 bits per heavy atom. The summed E-state index contributed by atoms with van der Waals surface area (Å²) in [6.07, 6.45) is 15.2. The fraction of sp³-hybridized carbons (Fsp3) is 0.800. The molecule has 4 bridgehead atoms. The predicted molar refractivity (Wildman–Crippen MR) is 144 cm³/mol. The van der Waals surface area contributed by atoms with Crippen LogP contribution in [0.2, 0.25) is 0 Å². The van der Waals surface area contributed by atoms with Gasteiger partial charge in [-0.1, -0.05) is 19.3 Å². The largest absolute Gasteiger partial charge is 0.481 e. The van der Waals surface area contributed by atoms with Crippen molar-refractivity contribution in [2.75, 3.05) is 19.7 Å². The normalized spacial score (nSPS) is 30.9. The number of amides is 2. The van der Waals surface area contributed by atoms with Gasteiger partial charge >= 0.3 is 5.97 Å². The number of hydrogen-bond donors (Lipinski definition) is 2. The highest BCUT2D eigenvalue weighted by molar-refractivity contribution is 5.96. The van der Waals surface area contributed by atoms with Crippen LogP contribution < -0.4 is 10.1 Å². The lowest BCUT2D eigenvalue weighted by atomic mass is 9.54. The molecule has 0 radical (unpaired) electrons. The molecule has 2 N–H and O–H groups in total. The molecule has 5 aliphatic carbocycles. The summed E-state index contributed by atoms with van der Waals surface area (Å²) in [5.41, 5.74) is 0.481. The fourth-order valence-electron chi connectivity index (χ4n) is 8.52. The Hall–Kier alpha value is -2.58. The molecule has 9 nitrogen and oxygen atoms in total. The molecule has 214 valence electrons. The molecule has 39 heavy (non-hydrogen) atoms. The van der Waals surface area contributed by atoms with E-state index in [-0.39, 0.29) is 30.2 Å². The number of aromatic nitrogens is 2. The summed E-state index contributed by atoms with van der Waals surface area (Å²) in [6.45, 7) is 1.85. The zero-order valence-corrected chi connectivity index (χ0v) is 23.1. The molecule has 0 spiro atoms. The van der Waals surface area contributed by atoms with Gasteiger partial charge in [0.1, 0.15) is 5.56 Å². The summed E-state index contributed by atoms with van der Waals surface area (Å²) in [5.74, 6) is 2.61. The van der Waals surface area contributed by atoms with Crippen molar-refractivity contribution in [2.45, 2.75) is 96.1 Å². The van der Waals surface area contributed by atoms with Crippen molar-refractivity contribution in [1.29, 1.82) is 0 Å². The third-order valence-corrected chi connectivity index (χ3v) is 10.5. The number of aliphatic carboxylic acids is 1. The van der Waals surface area contributed by atoms with Crippen LogP contribution in [0, 0.1) is 35.5 Å². The molecule has 0 unspecified atom stereocenters. The summed E-state index contributed by atoms with van der Waals surface area (Å²) >= 11 is 0. The summed E-state index contributed by atoms with van der Waals surface area (Å²) < 4.78 is 8.03. The second-order valence-corrected chi connectivity index (χ2v) is 13.1. The van der Waals surface area contributed by atoms with Crippen LogP contribution >= 0.6 is 0 Å². The average molecular weight is 541 g/mol. The number of rotatable bonds is 9.